The molecular formula is C19H26O2. The Kier molecular flexibility index (Phi) is 2.81. The van der Waals surface area contributed by atoms with Crippen molar-refractivity contribution in [2.45, 2.75) is 65.2 Å². The maximum atomic E-state index is 12.9. The van der Waals surface area contributed by atoms with E-state index in [-0.39, 0.29) is 16.7 Å². The first kappa shape index (κ1) is 13.7. The van der Waals surface area contributed by atoms with Crippen LogP contribution in [-0.4, -0.2) is 11.6 Å². The summed E-state index contributed by atoms with van der Waals surface area (Å²) in [6, 6.07) is 0. The van der Waals surface area contributed by atoms with Crippen LogP contribution >= 0.6 is 0 Å². The Hall–Kier alpha value is -0.920. The van der Waals surface area contributed by atoms with Crippen molar-refractivity contribution in [3.63, 3.8) is 0 Å². The number of carbonyl (C=O) groups excluding carboxylic acids is 2. The van der Waals surface area contributed by atoms with Crippen LogP contribution in [0.2, 0.25) is 0 Å². The highest BCUT2D eigenvalue weighted by Crippen LogP contribution is 2.63. The van der Waals surface area contributed by atoms with E-state index in [2.05, 4.69) is 19.9 Å². The smallest absolute Gasteiger partial charge is 0.140 e. The minimum absolute atomic E-state index is 0.162. The number of fused-ring (bicyclic) bond motifs is 5. The molecular weight excluding hydrogens is 260 g/mol. The normalized spacial score (nSPS) is 49.2. The first-order chi connectivity index (χ1) is 9.97. The van der Waals surface area contributed by atoms with Crippen LogP contribution < -0.4 is 0 Å². The molecule has 3 fully saturated rings. The van der Waals surface area contributed by atoms with Crippen molar-refractivity contribution in [2.24, 2.45) is 28.6 Å². The fourth-order valence-electron chi connectivity index (χ4n) is 6.22. The third kappa shape index (κ3) is 1.65. The molecule has 114 valence electrons. The quantitative estimate of drug-likeness (QED) is 0.629. The molecule has 2 nitrogen and oxygen atoms in total. The zero-order valence-electron chi connectivity index (χ0n) is 13.3. The van der Waals surface area contributed by atoms with Crippen molar-refractivity contribution >= 4 is 11.6 Å². The minimum Gasteiger partial charge on any atom is -0.299 e. The van der Waals surface area contributed by atoms with Gasteiger partial charge in [-0.2, -0.15) is 0 Å². The van der Waals surface area contributed by atoms with Crippen LogP contribution in [0.4, 0.5) is 0 Å². The number of carbonyl (C=O) groups is 2. The van der Waals surface area contributed by atoms with Crippen molar-refractivity contribution in [2.75, 3.05) is 0 Å². The van der Waals surface area contributed by atoms with Crippen LogP contribution in [0.15, 0.2) is 11.6 Å². The van der Waals surface area contributed by atoms with E-state index in [1.54, 1.807) is 0 Å². The second-order valence-corrected chi connectivity index (χ2v) is 8.34. The van der Waals surface area contributed by atoms with Crippen molar-refractivity contribution in [3.8, 4) is 0 Å². The molecule has 0 aromatic carbocycles. The molecule has 5 atom stereocenters. The summed E-state index contributed by atoms with van der Waals surface area (Å²) >= 11 is 0. The lowest BCUT2D eigenvalue weighted by atomic mass is 9.47. The zero-order valence-corrected chi connectivity index (χ0v) is 13.3. The van der Waals surface area contributed by atoms with Gasteiger partial charge in [0.15, 0.2) is 0 Å². The summed E-state index contributed by atoms with van der Waals surface area (Å²) in [7, 11) is 0. The summed E-state index contributed by atoms with van der Waals surface area (Å²) in [6.07, 6.45) is 10.4. The third-order valence-corrected chi connectivity index (χ3v) is 7.56. The van der Waals surface area contributed by atoms with Crippen LogP contribution in [0.3, 0.4) is 0 Å². The Morgan fingerprint density at radius 2 is 1.81 bits per heavy atom. The first-order valence-electron chi connectivity index (χ1n) is 8.72. The molecule has 0 saturated heterocycles. The van der Waals surface area contributed by atoms with Gasteiger partial charge in [0.25, 0.3) is 0 Å². The van der Waals surface area contributed by atoms with E-state index in [1.165, 1.54) is 18.4 Å². The number of Topliss-reactive ketones (excluding diaryl/α,β-unsaturated/α-hetero) is 2. The molecule has 0 aliphatic heterocycles. The monoisotopic (exact) mass is 286 g/mol. The summed E-state index contributed by atoms with van der Waals surface area (Å²) in [5.41, 5.74) is 1.47. The Morgan fingerprint density at radius 3 is 2.62 bits per heavy atom. The molecule has 4 rings (SSSR count). The van der Waals surface area contributed by atoms with E-state index in [0.717, 1.165) is 25.7 Å². The topological polar surface area (TPSA) is 34.1 Å². The molecule has 0 aromatic rings. The van der Waals surface area contributed by atoms with Crippen molar-refractivity contribution in [3.05, 3.63) is 11.6 Å². The lowest BCUT2D eigenvalue weighted by Gasteiger charge is -2.56. The molecule has 0 radical (unpaired) electrons. The number of hydrogen-bond donors (Lipinski definition) is 0. The van der Waals surface area contributed by atoms with E-state index in [1.807, 2.05) is 0 Å². The summed E-state index contributed by atoms with van der Waals surface area (Å²) in [6.45, 7) is 4.55. The maximum absolute atomic E-state index is 12.9. The summed E-state index contributed by atoms with van der Waals surface area (Å²) in [5.74, 6) is 1.85. The van der Waals surface area contributed by atoms with Gasteiger partial charge in [0.1, 0.15) is 11.6 Å². The number of ketones is 2. The predicted octanol–water partition coefficient (Wildman–Crippen LogP) is 4.09. The van der Waals surface area contributed by atoms with Gasteiger partial charge >= 0.3 is 0 Å². The zero-order chi connectivity index (χ0) is 14.8. The Bertz CT molecular complexity index is 546. The lowest BCUT2D eigenvalue weighted by molar-refractivity contribution is -0.143. The van der Waals surface area contributed by atoms with Gasteiger partial charge in [0, 0.05) is 24.2 Å². The number of hydrogen-bond acceptors (Lipinski definition) is 2. The average molecular weight is 286 g/mol. The van der Waals surface area contributed by atoms with E-state index in [0.29, 0.717) is 36.2 Å². The lowest BCUT2D eigenvalue weighted by Crippen LogP contribution is -2.53. The molecule has 2 heteroatoms. The molecule has 3 saturated carbocycles. The highest BCUT2D eigenvalue weighted by Gasteiger charge is 2.61. The SMILES string of the molecule is C[C@]12CCCC=C1CC(=O)[C@@H]1[C@@H]2CC[C@]2(C)C(=O)CC[C@@H]12. The predicted molar refractivity (Wildman–Crippen MR) is 81.7 cm³/mol. The number of rotatable bonds is 0. The summed E-state index contributed by atoms with van der Waals surface area (Å²) in [4.78, 5) is 25.2. The van der Waals surface area contributed by atoms with Gasteiger partial charge < -0.3 is 0 Å². The van der Waals surface area contributed by atoms with E-state index < -0.39 is 0 Å². The highest BCUT2D eigenvalue weighted by molar-refractivity contribution is 5.91. The summed E-state index contributed by atoms with van der Waals surface area (Å²) in [5, 5.41) is 0. The molecule has 0 unspecified atom stereocenters. The van der Waals surface area contributed by atoms with Gasteiger partial charge in [-0.3, -0.25) is 9.59 Å². The molecule has 0 spiro atoms. The first-order valence-corrected chi connectivity index (χ1v) is 8.72. The molecule has 21 heavy (non-hydrogen) atoms. The molecule has 0 aromatic heterocycles. The Balaban J connectivity index is 1.76. The molecule has 0 bridgehead atoms. The molecule has 0 N–H and O–H groups in total. The van der Waals surface area contributed by atoms with Crippen LogP contribution in [0.25, 0.3) is 0 Å². The van der Waals surface area contributed by atoms with Crippen LogP contribution in [0, 0.1) is 28.6 Å². The fourth-order valence-corrected chi connectivity index (χ4v) is 6.22. The molecule has 0 amide bonds. The molecule has 0 heterocycles. The fraction of sp³-hybridized carbons (Fsp3) is 0.789. The van der Waals surface area contributed by atoms with Crippen molar-refractivity contribution < 1.29 is 9.59 Å². The Labute approximate surface area is 127 Å². The van der Waals surface area contributed by atoms with E-state index in [9.17, 15) is 9.59 Å². The van der Waals surface area contributed by atoms with Gasteiger partial charge in [-0.15, -0.1) is 0 Å². The largest absolute Gasteiger partial charge is 0.299 e. The van der Waals surface area contributed by atoms with Crippen LogP contribution in [0.5, 0.6) is 0 Å². The van der Waals surface area contributed by atoms with Gasteiger partial charge in [-0.1, -0.05) is 25.5 Å². The molecule has 4 aliphatic rings. The second kappa shape index (κ2) is 4.30. The van der Waals surface area contributed by atoms with Gasteiger partial charge in [0.05, 0.1) is 0 Å². The average Bonchev–Trinajstić information content (AvgIpc) is 2.76. The highest BCUT2D eigenvalue weighted by atomic mass is 16.1. The standard InChI is InChI=1S/C19H26O2/c1-18-9-4-3-5-12(18)11-15(20)17-13-6-7-16(21)19(13,2)10-8-14(17)18/h5,13-14,17H,3-4,6-11H2,1-2H3/t13-,14-,17-,18-,19-/m0/s1. The Morgan fingerprint density at radius 1 is 1.05 bits per heavy atom. The maximum Gasteiger partial charge on any atom is 0.140 e. The second-order valence-electron chi connectivity index (χ2n) is 8.34. The number of allylic oxidation sites excluding steroid dienone is 2. The van der Waals surface area contributed by atoms with Gasteiger partial charge in [-0.05, 0) is 55.8 Å². The van der Waals surface area contributed by atoms with Gasteiger partial charge in [0.2, 0.25) is 0 Å². The van der Waals surface area contributed by atoms with Crippen LogP contribution in [0.1, 0.15) is 65.2 Å². The van der Waals surface area contributed by atoms with Crippen molar-refractivity contribution in [1.82, 2.24) is 0 Å². The van der Waals surface area contributed by atoms with Crippen molar-refractivity contribution in [1.29, 1.82) is 0 Å². The van der Waals surface area contributed by atoms with Gasteiger partial charge in [-0.25, -0.2) is 0 Å². The van der Waals surface area contributed by atoms with E-state index >= 15 is 0 Å². The third-order valence-electron chi connectivity index (χ3n) is 7.56. The summed E-state index contributed by atoms with van der Waals surface area (Å²) < 4.78 is 0. The van der Waals surface area contributed by atoms with Crippen LogP contribution in [-0.2, 0) is 9.59 Å². The minimum atomic E-state index is -0.191. The molecule has 4 aliphatic carbocycles. The van der Waals surface area contributed by atoms with E-state index in [4.69, 9.17) is 0 Å².